The fraction of sp³-hybridized carbons (Fsp3) is 0. The van der Waals surface area contributed by atoms with E-state index in [2.05, 4.69) is 15.6 Å². The molecular weight excluding hydrogens is 352 g/mol. The number of hydrogen-bond donors (Lipinski definition) is 4. The van der Waals surface area contributed by atoms with Gasteiger partial charge in [0.25, 0.3) is 11.8 Å². The molecule has 0 saturated heterocycles. The van der Waals surface area contributed by atoms with Crippen LogP contribution in [-0.2, 0) is 0 Å². The van der Waals surface area contributed by atoms with Crippen LogP contribution >= 0.6 is 0 Å². The van der Waals surface area contributed by atoms with Crippen molar-refractivity contribution in [2.24, 2.45) is 0 Å². The molecule has 4 rings (SSSR count). The summed E-state index contributed by atoms with van der Waals surface area (Å²) >= 11 is 0. The number of aromatic amines is 1. The lowest BCUT2D eigenvalue weighted by molar-refractivity contribution is 0.101. The molecule has 4 aromatic rings. The van der Waals surface area contributed by atoms with Gasteiger partial charge < -0.3 is 21.4 Å². The summed E-state index contributed by atoms with van der Waals surface area (Å²) < 4.78 is 0. The van der Waals surface area contributed by atoms with E-state index in [1.54, 1.807) is 54.6 Å². The third kappa shape index (κ3) is 3.57. The summed E-state index contributed by atoms with van der Waals surface area (Å²) in [5.74, 6) is -0.517. The zero-order valence-electron chi connectivity index (χ0n) is 14.9. The van der Waals surface area contributed by atoms with Crippen LogP contribution in [0.25, 0.3) is 10.9 Å². The molecule has 0 spiro atoms. The standard InChI is InChI=1S/C22H18N4O2/c23-17-6-2-4-8-19(17)26-21(27)14-9-11-16(12-10-14)24-22(28)20-13-15-5-1-3-7-18(15)25-20/h1-13,25H,23H2,(H,24,28)(H,26,27). The molecule has 138 valence electrons. The van der Waals surface area contributed by atoms with E-state index < -0.39 is 0 Å². The molecule has 0 bridgehead atoms. The molecule has 1 aromatic heterocycles. The summed E-state index contributed by atoms with van der Waals surface area (Å²) in [5, 5.41) is 6.57. The van der Waals surface area contributed by atoms with Crippen LogP contribution < -0.4 is 16.4 Å². The fourth-order valence-electron chi connectivity index (χ4n) is 2.90. The largest absolute Gasteiger partial charge is 0.397 e. The number of carbonyl (C=O) groups is 2. The first-order chi connectivity index (χ1) is 13.6. The minimum absolute atomic E-state index is 0.245. The minimum atomic E-state index is -0.272. The van der Waals surface area contributed by atoms with Crippen LogP contribution in [0.5, 0.6) is 0 Å². The number of nitrogens with two attached hydrogens (primary N) is 1. The van der Waals surface area contributed by atoms with E-state index in [0.29, 0.717) is 28.3 Å². The maximum atomic E-state index is 12.4. The number of amides is 2. The third-order valence-electron chi connectivity index (χ3n) is 4.39. The highest BCUT2D eigenvalue weighted by atomic mass is 16.2. The minimum Gasteiger partial charge on any atom is -0.397 e. The van der Waals surface area contributed by atoms with Gasteiger partial charge in [0.1, 0.15) is 5.69 Å². The van der Waals surface area contributed by atoms with E-state index in [1.807, 2.05) is 24.3 Å². The summed E-state index contributed by atoms with van der Waals surface area (Å²) in [7, 11) is 0. The highest BCUT2D eigenvalue weighted by molar-refractivity contribution is 6.07. The average molecular weight is 370 g/mol. The van der Waals surface area contributed by atoms with Crippen LogP contribution in [-0.4, -0.2) is 16.8 Å². The SMILES string of the molecule is Nc1ccccc1NC(=O)c1ccc(NC(=O)c2cc3ccccc3[nH]2)cc1. The van der Waals surface area contributed by atoms with Gasteiger partial charge in [-0.15, -0.1) is 0 Å². The monoisotopic (exact) mass is 370 g/mol. The first-order valence-electron chi connectivity index (χ1n) is 8.75. The number of benzene rings is 3. The molecule has 0 aliphatic heterocycles. The smallest absolute Gasteiger partial charge is 0.272 e. The van der Waals surface area contributed by atoms with E-state index in [0.717, 1.165) is 10.9 Å². The van der Waals surface area contributed by atoms with Gasteiger partial charge >= 0.3 is 0 Å². The Morgan fingerprint density at radius 1 is 0.786 bits per heavy atom. The van der Waals surface area contributed by atoms with Crippen molar-refractivity contribution in [3.05, 3.63) is 90.1 Å². The summed E-state index contributed by atoms with van der Waals surface area (Å²) in [6, 6.07) is 23.2. The maximum absolute atomic E-state index is 12.4. The summed E-state index contributed by atoms with van der Waals surface area (Å²) in [5.41, 5.74) is 9.34. The van der Waals surface area contributed by atoms with Gasteiger partial charge in [0.15, 0.2) is 0 Å². The first kappa shape index (κ1) is 17.4. The Labute approximate surface area is 161 Å². The molecule has 6 nitrogen and oxygen atoms in total. The normalized spacial score (nSPS) is 10.6. The third-order valence-corrected chi connectivity index (χ3v) is 4.39. The molecule has 5 N–H and O–H groups in total. The van der Waals surface area contributed by atoms with Crippen LogP contribution in [0.4, 0.5) is 17.1 Å². The van der Waals surface area contributed by atoms with Gasteiger partial charge in [-0.25, -0.2) is 0 Å². The second-order valence-electron chi connectivity index (χ2n) is 6.34. The van der Waals surface area contributed by atoms with Gasteiger partial charge in [0, 0.05) is 22.2 Å². The topological polar surface area (TPSA) is 100 Å². The van der Waals surface area contributed by atoms with Gasteiger partial charge in [-0.2, -0.15) is 0 Å². The number of hydrogen-bond acceptors (Lipinski definition) is 3. The molecule has 28 heavy (non-hydrogen) atoms. The Balaban J connectivity index is 1.44. The van der Waals surface area contributed by atoms with Crippen LogP contribution in [0.15, 0.2) is 78.9 Å². The first-order valence-corrected chi connectivity index (χ1v) is 8.75. The summed E-state index contributed by atoms with van der Waals surface area (Å²) in [4.78, 5) is 27.9. The molecule has 0 aliphatic rings. The molecule has 1 heterocycles. The second kappa shape index (κ2) is 7.28. The Bertz CT molecular complexity index is 1130. The number of nitrogens with one attached hydrogen (secondary N) is 3. The number of nitrogen functional groups attached to an aromatic ring is 1. The molecule has 0 saturated carbocycles. The Hall–Kier alpha value is -4.06. The van der Waals surface area contributed by atoms with E-state index in [9.17, 15) is 9.59 Å². The summed E-state index contributed by atoms with van der Waals surface area (Å²) in [6.45, 7) is 0. The predicted octanol–water partition coefficient (Wildman–Crippen LogP) is 4.25. The summed E-state index contributed by atoms with van der Waals surface area (Å²) in [6.07, 6.45) is 0. The zero-order chi connectivity index (χ0) is 19.5. The average Bonchev–Trinajstić information content (AvgIpc) is 3.15. The Kier molecular flexibility index (Phi) is 4.51. The molecule has 0 aliphatic carbocycles. The zero-order valence-corrected chi connectivity index (χ0v) is 14.9. The number of fused-ring (bicyclic) bond motifs is 1. The van der Waals surface area contributed by atoms with Crippen molar-refractivity contribution in [1.29, 1.82) is 0 Å². The van der Waals surface area contributed by atoms with Crippen LogP contribution in [0.3, 0.4) is 0 Å². The number of aromatic nitrogens is 1. The molecule has 2 amide bonds. The van der Waals surface area contributed by atoms with Gasteiger partial charge in [-0.1, -0.05) is 30.3 Å². The predicted molar refractivity (Wildman–Crippen MR) is 112 cm³/mol. The van der Waals surface area contributed by atoms with Crippen molar-refractivity contribution in [3.63, 3.8) is 0 Å². The Morgan fingerprint density at radius 2 is 1.50 bits per heavy atom. The molecule has 0 radical (unpaired) electrons. The van der Waals surface area contributed by atoms with Crippen LogP contribution in [0, 0.1) is 0 Å². The van der Waals surface area contributed by atoms with Crippen molar-refractivity contribution >= 4 is 39.8 Å². The van der Waals surface area contributed by atoms with Crippen molar-refractivity contribution < 1.29 is 9.59 Å². The number of anilines is 3. The molecule has 6 heteroatoms. The highest BCUT2D eigenvalue weighted by Crippen LogP contribution is 2.19. The van der Waals surface area contributed by atoms with Gasteiger partial charge in [0.2, 0.25) is 0 Å². The molecule has 0 fully saturated rings. The van der Waals surface area contributed by atoms with Crippen LogP contribution in [0.2, 0.25) is 0 Å². The molecule has 3 aromatic carbocycles. The fourth-order valence-corrected chi connectivity index (χ4v) is 2.90. The number of para-hydroxylation sites is 3. The lowest BCUT2D eigenvalue weighted by Gasteiger charge is -2.09. The quantitative estimate of drug-likeness (QED) is 0.404. The number of rotatable bonds is 4. The Morgan fingerprint density at radius 3 is 2.25 bits per heavy atom. The van der Waals surface area contributed by atoms with Gasteiger partial charge in [0.05, 0.1) is 11.4 Å². The highest BCUT2D eigenvalue weighted by Gasteiger charge is 2.11. The van der Waals surface area contributed by atoms with Gasteiger partial charge in [-0.05, 0) is 48.5 Å². The van der Waals surface area contributed by atoms with Crippen molar-refractivity contribution in [1.82, 2.24) is 4.98 Å². The lowest BCUT2D eigenvalue weighted by atomic mass is 10.1. The van der Waals surface area contributed by atoms with Crippen molar-refractivity contribution in [2.75, 3.05) is 16.4 Å². The molecule has 0 unspecified atom stereocenters. The molecular formula is C22H18N4O2. The second-order valence-corrected chi connectivity index (χ2v) is 6.34. The van der Waals surface area contributed by atoms with E-state index in [-0.39, 0.29) is 11.8 Å². The van der Waals surface area contributed by atoms with Crippen LogP contribution in [0.1, 0.15) is 20.8 Å². The van der Waals surface area contributed by atoms with Crippen molar-refractivity contribution in [2.45, 2.75) is 0 Å². The van der Waals surface area contributed by atoms with Crippen molar-refractivity contribution in [3.8, 4) is 0 Å². The van der Waals surface area contributed by atoms with Gasteiger partial charge in [-0.3, -0.25) is 9.59 Å². The van der Waals surface area contributed by atoms with E-state index >= 15 is 0 Å². The number of carbonyl (C=O) groups excluding carboxylic acids is 2. The van der Waals surface area contributed by atoms with E-state index in [4.69, 9.17) is 5.73 Å². The number of H-pyrrole nitrogens is 1. The lowest BCUT2D eigenvalue weighted by Crippen LogP contribution is -2.14. The van der Waals surface area contributed by atoms with E-state index in [1.165, 1.54) is 0 Å². The maximum Gasteiger partial charge on any atom is 0.272 e. The molecule has 0 atom stereocenters.